The largest absolute Gasteiger partial charge is 0.458 e. The lowest BCUT2D eigenvalue weighted by Crippen LogP contribution is -2.13. The molecule has 1 aliphatic rings. The summed E-state index contributed by atoms with van der Waals surface area (Å²) in [7, 11) is 0. The minimum Gasteiger partial charge on any atom is -0.458 e. The van der Waals surface area contributed by atoms with Crippen molar-refractivity contribution in [3.05, 3.63) is 95.6 Å². The summed E-state index contributed by atoms with van der Waals surface area (Å²) in [5, 5.41) is 9.37. The first-order valence-electron chi connectivity index (χ1n) is 14.8. The average molecular weight is 525 g/mol. The van der Waals surface area contributed by atoms with E-state index in [2.05, 4.69) is 69.0 Å². The van der Waals surface area contributed by atoms with E-state index in [1.165, 1.54) is 79.7 Å². The summed E-state index contributed by atoms with van der Waals surface area (Å²) in [6.45, 7) is 8.19. The van der Waals surface area contributed by atoms with Gasteiger partial charge in [-0.1, -0.05) is 99.8 Å². The summed E-state index contributed by atoms with van der Waals surface area (Å²) in [6.07, 6.45) is 12.7. The number of hydrogen-bond acceptors (Lipinski definition) is 3. The molecule has 3 aromatic rings. The molecule has 0 bridgehead atoms. The molecule has 0 unspecified atom stereocenters. The van der Waals surface area contributed by atoms with Crippen LogP contribution in [-0.4, -0.2) is 17.7 Å². The summed E-state index contributed by atoms with van der Waals surface area (Å²) in [6, 6.07) is 21.9. The Morgan fingerprint density at radius 1 is 0.949 bits per heavy atom. The van der Waals surface area contributed by atoms with Crippen LogP contribution in [0.3, 0.4) is 0 Å². The molecular weight excluding hydrogens is 480 g/mol. The summed E-state index contributed by atoms with van der Waals surface area (Å²) in [5.74, 6) is 1.20. The van der Waals surface area contributed by atoms with Crippen LogP contribution in [0.1, 0.15) is 86.5 Å². The van der Waals surface area contributed by atoms with E-state index in [0.717, 1.165) is 28.2 Å². The fraction of sp³-hybridized carbons (Fsp3) is 0.417. The first kappa shape index (κ1) is 28.8. The van der Waals surface area contributed by atoms with Crippen LogP contribution in [0.4, 0.5) is 0 Å². The van der Waals surface area contributed by atoms with Crippen LogP contribution in [0.25, 0.3) is 22.3 Å². The fourth-order valence-electron chi connectivity index (χ4n) is 6.10. The number of ether oxygens (including phenoxy) is 1. The number of carbonyl (C=O) groups is 1. The van der Waals surface area contributed by atoms with Crippen molar-refractivity contribution in [1.29, 1.82) is 0 Å². The van der Waals surface area contributed by atoms with Crippen molar-refractivity contribution in [1.82, 2.24) is 0 Å². The summed E-state index contributed by atoms with van der Waals surface area (Å²) in [5.41, 5.74) is 9.24. The van der Waals surface area contributed by atoms with E-state index in [4.69, 9.17) is 4.74 Å². The van der Waals surface area contributed by atoms with Crippen LogP contribution in [0.2, 0.25) is 0 Å². The van der Waals surface area contributed by atoms with Gasteiger partial charge in [-0.15, -0.1) is 0 Å². The summed E-state index contributed by atoms with van der Waals surface area (Å²) < 4.78 is 5.37. The molecule has 1 N–H and O–H groups in total. The quantitative estimate of drug-likeness (QED) is 0.146. The van der Waals surface area contributed by atoms with Gasteiger partial charge in [-0.25, -0.2) is 4.79 Å². The van der Waals surface area contributed by atoms with Crippen LogP contribution in [0.15, 0.2) is 73.3 Å². The number of carbonyl (C=O) groups excluding carboxylic acids is 1. The van der Waals surface area contributed by atoms with Gasteiger partial charge in [0.25, 0.3) is 0 Å². The van der Waals surface area contributed by atoms with Crippen LogP contribution in [0.5, 0.6) is 0 Å². The normalized spacial score (nSPS) is 17.1. The van der Waals surface area contributed by atoms with Crippen LogP contribution >= 0.6 is 0 Å². The second kappa shape index (κ2) is 14.3. The Bertz CT molecular complexity index is 1230. The zero-order valence-electron chi connectivity index (χ0n) is 23.8. The molecule has 0 heterocycles. The van der Waals surface area contributed by atoms with Crippen LogP contribution in [-0.2, 0) is 22.6 Å². The second-order valence-corrected chi connectivity index (χ2v) is 11.1. The molecule has 1 saturated carbocycles. The van der Waals surface area contributed by atoms with Crippen molar-refractivity contribution >= 4 is 5.97 Å². The highest BCUT2D eigenvalue weighted by Crippen LogP contribution is 2.39. The SMILES string of the molecule is C=CC(=O)OCc1cc(CCO)ccc1-c1ccc(-c2ccc(C3CCC(CCCCC)CC3)cc2)c(C)c1. The van der Waals surface area contributed by atoms with Gasteiger partial charge >= 0.3 is 5.97 Å². The number of rotatable bonds is 12. The first-order chi connectivity index (χ1) is 19.0. The number of aryl methyl sites for hydroxylation is 1. The van der Waals surface area contributed by atoms with Gasteiger partial charge in [-0.05, 0) is 95.4 Å². The molecule has 3 aromatic carbocycles. The minimum absolute atomic E-state index is 0.0815. The molecule has 0 aliphatic heterocycles. The van der Waals surface area contributed by atoms with Crippen molar-refractivity contribution in [2.24, 2.45) is 5.92 Å². The van der Waals surface area contributed by atoms with Crippen LogP contribution in [0, 0.1) is 12.8 Å². The predicted molar refractivity (Wildman–Crippen MR) is 162 cm³/mol. The Morgan fingerprint density at radius 3 is 2.33 bits per heavy atom. The molecule has 3 nitrogen and oxygen atoms in total. The number of benzene rings is 3. The minimum atomic E-state index is -0.441. The monoisotopic (exact) mass is 524 g/mol. The van der Waals surface area contributed by atoms with Crippen molar-refractivity contribution in [2.75, 3.05) is 6.61 Å². The molecule has 0 radical (unpaired) electrons. The third-order valence-corrected chi connectivity index (χ3v) is 8.40. The number of hydrogen-bond donors (Lipinski definition) is 1. The molecule has 3 heteroatoms. The maximum atomic E-state index is 11.7. The van der Waals surface area contributed by atoms with E-state index in [-0.39, 0.29) is 13.2 Å². The second-order valence-electron chi connectivity index (χ2n) is 11.1. The third kappa shape index (κ3) is 7.70. The van der Waals surface area contributed by atoms with Gasteiger partial charge in [0.1, 0.15) is 6.61 Å². The maximum Gasteiger partial charge on any atom is 0.330 e. The fourth-order valence-corrected chi connectivity index (χ4v) is 6.10. The Hall–Kier alpha value is -3.17. The van der Waals surface area contributed by atoms with E-state index in [1.54, 1.807) is 0 Å². The summed E-state index contributed by atoms with van der Waals surface area (Å²) in [4.78, 5) is 11.7. The highest BCUT2D eigenvalue weighted by atomic mass is 16.5. The van der Waals surface area contributed by atoms with Gasteiger partial charge in [-0.2, -0.15) is 0 Å². The molecule has 0 saturated heterocycles. The Labute approximate surface area is 234 Å². The summed E-state index contributed by atoms with van der Waals surface area (Å²) >= 11 is 0. The molecule has 1 aliphatic carbocycles. The number of aliphatic hydroxyl groups is 1. The van der Waals surface area contributed by atoms with Gasteiger partial charge in [0.15, 0.2) is 0 Å². The molecule has 1 fully saturated rings. The number of aliphatic hydroxyl groups excluding tert-OH is 1. The Morgan fingerprint density at radius 2 is 1.67 bits per heavy atom. The molecule has 206 valence electrons. The highest BCUT2D eigenvalue weighted by molar-refractivity contribution is 5.81. The smallest absolute Gasteiger partial charge is 0.330 e. The van der Waals surface area contributed by atoms with E-state index in [1.807, 2.05) is 12.1 Å². The van der Waals surface area contributed by atoms with Gasteiger partial charge in [0.2, 0.25) is 0 Å². The lowest BCUT2D eigenvalue weighted by atomic mass is 9.77. The third-order valence-electron chi connectivity index (χ3n) is 8.40. The zero-order valence-corrected chi connectivity index (χ0v) is 23.8. The molecule has 0 spiro atoms. The molecule has 4 rings (SSSR count). The van der Waals surface area contributed by atoms with E-state index in [0.29, 0.717) is 12.3 Å². The van der Waals surface area contributed by atoms with E-state index < -0.39 is 5.97 Å². The maximum absolute atomic E-state index is 11.7. The van der Waals surface area contributed by atoms with Gasteiger partial charge in [0, 0.05) is 12.7 Å². The topological polar surface area (TPSA) is 46.5 Å². The Kier molecular flexibility index (Phi) is 10.6. The van der Waals surface area contributed by atoms with Gasteiger partial charge in [0.05, 0.1) is 0 Å². The van der Waals surface area contributed by atoms with Crippen molar-refractivity contribution in [3.63, 3.8) is 0 Å². The lowest BCUT2D eigenvalue weighted by molar-refractivity contribution is -0.138. The van der Waals surface area contributed by atoms with E-state index in [9.17, 15) is 9.90 Å². The van der Waals surface area contributed by atoms with Crippen molar-refractivity contribution in [3.8, 4) is 22.3 Å². The van der Waals surface area contributed by atoms with Crippen molar-refractivity contribution in [2.45, 2.75) is 84.2 Å². The predicted octanol–water partition coefficient (Wildman–Crippen LogP) is 8.95. The molecule has 0 atom stereocenters. The standard InChI is InChI=1S/C36H44O3/c1-4-6-7-8-27-9-12-29(13-10-27)30-14-16-31(17-15-30)34-20-18-32(23-26(34)3)35-19-11-28(21-22-37)24-33(35)25-39-36(38)5-2/h5,11,14-20,23-24,27,29,37H,2,4,6-10,12-13,21-22,25H2,1,3H3. The number of esters is 1. The van der Waals surface area contributed by atoms with E-state index >= 15 is 0 Å². The van der Waals surface area contributed by atoms with Gasteiger partial charge < -0.3 is 9.84 Å². The van der Waals surface area contributed by atoms with Crippen LogP contribution < -0.4 is 0 Å². The average Bonchev–Trinajstić information content (AvgIpc) is 2.97. The molecule has 0 aromatic heterocycles. The first-order valence-corrected chi connectivity index (χ1v) is 14.8. The highest BCUT2D eigenvalue weighted by Gasteiger charge is 2.22. The zero-order chi connectivity index (χ0) is 27.6. The molecule has 39 heavy (non-hydrogen) atoms. The van der Waals surface area contributed by atoms with Crippen molar-refractivity contribution < 1.29 is 14.6 Å². The molecular formula is C36H44O3. The van der Waals surface area contributed by atoms with Gasteiger partial charge in [-0.3, -0.25) is 0 Å². The lowest BCUT2D eigenvalue weighted by Gasteiger charge is -2.29. The number of unbranched alkanes of at least 4 members (excludes halogenated alkanes) is 2. The Balaban J connectivity index is 1.47. The molecule has 0 amide bonds.